The molecule has 0 fully saturated rings. The van der Waals surface area contributed by atoms with Gasteiger partial charge in [-0.3, -0.25) is 0 Å². The van der Waals surface area contributed by atoms with E-state index in [9.17, 15) is 0 Å². The van der Waals surface area contributed by atoms with Gasteiger partial charge in [-0.15, -0.1) is 0 Å². The van der Waals surface area contributed by atoms with Crippen LogP contribution in [0.25, 0.3) is 71.2 Å². The second-order valence-corrected chi connectivity index (χ2v) is 20.8. The van der Waals surface area contributed by atoms with Crippen molar-refractivity contribution in [3.8, 4) is 11.3 Å². The Morgan fingerprint density at radius 3 is 1.79 bits per heavy atom. The van der Waals surface area contributed by atoms with Gasteiger partial charge in [-0.1, -0.05) is 182 Å². The number of benzene rings is 8. The van der Waals surface area contributed by atoms with Crippen LogP contribution in [0.4, 0.5) is 0 Å². The van der Waals surface area contributed by atoms with E-state index < -0.39 is 0 Å². The first-order valence-electron chi connectivity index (χ1n) is 23.4. The molecule has 0 saturated carbocycles. The fraction of sp³-hybridized carbons (Fsp3) is 0.274. The van der Waals surface area contributed by atoms with Crippen LogP contribution in [-0.4, -0.2) is 0 Å². The van der Waals surface area contributed by atoms with Gasteiger partial charge in [-0.2, -0.15) is 0 Å². The van der Waals surface area contributed by atoms with Gasteiger partial charge in [-0.05, 0) is 143 Å². The second-order valence-electron chi connectivity index (χ2n) is 20.8. The maximum Gasteiger partial charge on any atom is 0.220 e. The van der Waals surface area contributed by atoms with E-state index in [0.29, 0.717) is 17.8 Å². The summed E-state index contributed by atoms with van der Waals surface area (Å²) in [6, 6.07) is 53.8. The van der Waals surface area contributed by atoms with E-state index in [1.54, 1.807) is 0 Å². The summed E-state index contributed by atoms with van der Waals surface area (Å²) in [7, 11) is 2.21. The SMILES string of the molecule is Cc1ccccc1C1c2ccc3c(ccc4ccc(C(C)(C)C)cc43)c2C=CC(C)C1CCCc1ccccc1-c1c2ccc3c4cc(C(C)(C)C)ccc4ccc3c2cc[n+]1C. The molecule has 3 atom stereocenters. The van der Waals surface area contributed by atoms with Crippen molar-refractivity contribution in [1.29, 1.82) is 0 Å². The molecule has 0 spiro atoms. The molecule has 0 radical (unpaired) electrons. The van der Waals surface area contributed by atoms with Crippen molar-refractivity contribution in [2.75, 3.05) is 0 Å². The lowest BCUT2D eigenvalue weighted by atomic mass is 9.71. The third-order valence-electron chi connectivity index (χ3n) is 14.7. The third-order valence-corrected chi connectivity index (χ3v) is 14.7. The summed E-state index contributed by atoms with van der Waals surface area (Å²) in [6.45, 7) is 18.6. The highest BCUT2D eigenvalue weighted by molar-refractivity contribution is 6.19. The first kappa shape index (κ1) is 41.0. The van der Waals surface area contributed by atoms with Crippen molar-refractivity contribution in [1.82, 2.24) is 0 Å². The van der Waals surface area contributed by atoms with Crippen LogP contribution in [0.5, 0.6) is 0 Å². The number of aromatic nitrogens is 1. The highest BCUT2D eigenvalue weighted by Gasteiger charge is 2.33. The van der Waals surface area contributed by atoms with Crippen molar-refractivity contribution < 1.29 is 4.57 Å². The molecule has 8 aromatic carbocycles. The van der Waals surface area contributed by atoms with E-state index in [1.165, 1.54) is 104 Å². The molecule has 0 aliphatic heterocycles. The fourth-order valence-corrected chi connectivity index (χ4v) is 11.1. The summed E-state index contributed by atoms with van der Waals surface area (Å²) in [5.41, 5.74) is 12.7. The Balaban J connectivity index is 1.02. The molecule has 1 heterocycles. The van der Waals surface area contributed by atoms with Crippen LogP contribution in [0.15, 0.2) is 152 Å². The van der Waals surface area contributed by atoms with Crippen molar-refractivity contribution in [3.63, 3.8) is 0 Å². The number of nitrogens with zero attached hydrogens (tertiary/aromatic N) is 1. The van der Waals surface area contributed by atoms with Crippen LogP contribution in [-0.2, 0) is 24.3 Å². The molecule has 63 heavy (non-hydrogen) atoms. The predicted octanol–water partition coefficient (Wildman–Crippen LogP) is 16.3. The number of allylic oxidation sites excluding steroid dienone is 1. The van der Waals surface area contributed by atoms with Gasteiger partial charge >= 0.3 is 0 Å². The van der Waals surface area contributed by atoms with Gasteiger partial charge in [0.25, 0.3) is 0 Å². The van der Waals surface area contributed by atoms with Crippen LogP contribution in [0.2, 0.25) is 0 Å². The molecule has 0 saturated heterocycles. The number of pyridine rings is 1. The molecule has 1 aliphatic rings. The van der Waals surface area contributed by atoms with Gasteiger partial charge in [0.05, 0.1) is 5.39 Å². The maximum absolute atomic E-state index is 2.53. The monoisotopic (exact) mass is 820 g/mol. The first-order chi connectivity index (χ1) is 30.3. The zero-order valence-electron chi connectivity index (χ0n) is 38.8. The standard InChI is InChI=1S/C62H62N/c1-39-15-10-12-18-46(39)59-47(40(2)21-28-51-49-29-24-42-22-26-44(61(3,4)5)37-57(42)52(49)31-33-55(51)59)20-14-17-41-16-11-13-19-48(41)60-56-34-32-53-50(54(56)35-36-63(60)9)30-25-43-23-27-45(38-58(43)53)62(6,7)8/h10-13,15-16,18-19,21-38,40,47,59H,14,17,20H2,1-9H3/q+1. The average Bonchev–Trinajstić information content (AvgIpc) is 3.41. The quantitative estimate of drug-likeness (QED) is 0.116. The summed E-state index contributed by atoms with van der Waals surface area (Å²) in [4.78, 5) is 0. The van der Waals surface area contributed by atoms with Crippen LogP contribution < -0.4 is 4.57 Å². The van der Waals surface area contributed by atoms with Gasteiger partial charge in [0.2, 0.25) is 5.69 Å². The topological polar surface area (TPSA) is 3.88 Å². The lowest BCUT2D eigenvalue weighted by Gasteiger charge is -2.32. The van der Waals surface area contributed by atoms with Gasteiger partial charge in [0.1, 0.15) is 7.05 Å². The fourth-order valence-electron chi connectivity index (χ4n) is 11.1. The molecule has 1 aliphatic carbocycles. The summed E-state index contributed by atoms with van der Waals surface area (Å²) in [5, 5.41) is 13.3. The molecule has 10 rings (SSSR count). The third kappa shape index (κ3) is 7.24. The molecule has 9 aromatic rings. The van der Waals surface area contributed by atoms with Crippen LogP contribution in [0.1, 0.15) is 106 Å². The number of fused-ring (bicyclic) bond motifs is 10. The highest BCUT2D eigenvalue weighted by atomic mass is 14.9. The lowest BCUT2D eigenvalue weighted by molar-refractivity contribution is -0.659. The van der Waals surface area contributed by atoms with Crippen molar-refractivity contribution in [3.05, 3.63) is 191 Å². The smallest absolute Gasteiger partial charge is 0.200 e. The first-order valence-corrected chi connectivity index (χ1v) is 23.4. The predicted molar refractivity (Wildman–Crippen MR) is 272 cm³/mol. The molecular weight excluding hydrogens is 759 g/mol. The van der Waals surface area contributed by atoms with Crippen molar-refractivity contribution >= 4 is 59.9 Å². The molecular formula is C62H62N+. The molecule has 314 valence electrons. The summed E-state index contributed by atoms with van der Waals surface area (Å²) in [6.07, 6.45) is 10.5. The Hall–Kier alpha value is -6.05. The van der Waals surface area contributed by atoms with E-state index >= 15 is 0 Å². The second kappa shape index (κ2) is 15.6. The zero-order valence-corrected chi connectivity index (χ0v) is 38.8. The van der Waals surface area contributed by atoms with E-state index in [1.807, 2.05) is 0 Å². The normalized spacial score (nSPS) is 16.9. The molecule has 0 bridgehead atoms. The van der Waals surface area contributed by atoms with Gasteiger partial charge in [0.15, 0.2) is 6.20 Å². The minimum Gasteiger partial charge on any atom is -0.200 e. The average molecular weight is 821 g/mol. The van der Waals surface area contributed by atoms with Crippen molar-refractivity contribution in [2.24, 2.45) is 18.9 Å². The van der Waals surface area contributed by atoms with Gasteiger partial charge in [0, 0.05) is 22.9 Å². The van der Waals surface area contributed by atoms with Crippen LogP contribution in [0, 0.1) is 18.8 Å². The van der Waals surface area contributed by atoms with Gasteiger partial charge in [-0.25, -0.2) is 4.57 Å². The van der Waals surface area contributed by atoms with E-state index in [-0.39, 0.29) is 10.8 Å². The summed E-state index contributed by atoms with van der Waals surface area (Å²) < 4.78 is 2.34. The molecule has 1 nitrogen and oxygen atoms in total. The largest absolute Gasteiger partial charge is 0.220 e. The Bertz CT molecular complexity index is 3270. The summed E-state index contributed by atoms with van der Waals surface area (Å²) >= 11 is 0. The van der Waals surface area contributed by atoms with E-state index in [4.69, 9.17) is 0 Å². The minimum atomic E-state index is 0.0925. The molecule has 0 N–H and O–H groups in total. The van der Waals surface area contributed by atoms with E-state index in [0.717, 1.165) is 19.3 Å². The van der Waals surface area contributed by atoms with Crippen LogP contribution in [0.3, 0.4) is 0 Å². The molecule has 3 unspecified atom stereocenters. The molecule has 0 amide bonds. The molecule has 1 aromatic heterocycles. The van der Waals surface area contributed by atoms with Crippen LogP contribution >= 0.6 is 0 Å². The van der Waals surface area contributed by atoms with E-state index in [2.05, 4.69) is 225 Å². The van der Waals surface area contributed by atoms with Gasteiger partial charge < -0.3 is 0 Å². The maximum atomic E-state index is 2.53. The Morgan fingerprint density at radius 1 is 0.540 bits per heavy atom. The number of rotatable bonds is 6. The Labute approximate surface area is 375 Å². The Kier molecular flexibility index (Phi) is 10.2. The Morgan fingerprint density at radius 2 is 1.10 bits per heavy atom. The van der Waals surface area contributed by atoms with Crippen molar-refractivity contribution in [2.45, 2.75) is 91.4 Å². The zero-order chi connectivity index (χ0) is 43.8. The number of aryl methyl sites for hydroxylation is 3. The summed E-state index contributed by atoms with van der Waals surface area (Å²) in [5.74, 6) is 1.16. The number of hydrogen-bond donors (Lipinski definition) is 0. The number of hydrogen-bond acceptors (Lipinski definition) is 0. The highest BCUT2D eigenvalue weighted by Crippen LogP contribution is 2.47. The minimum absolute atomic E-state index is 0.0925. The molecule has 1 heteroatoms. The lowest BCUT2D eigenvalue weighted by Crippen LogP contribution is -2.30.